The maximum absolute atomic E-state index is 13.2. The molecule has 0 aliphatic carbocycles. The third kappa shape index (κ3) is 5.31. The van der Waals surface area contributed by atoms with Crippen LogP contribution < -0.4 is 9.46 Å². The molecular formula is C24H30N2O5S. The Morgan fingerprint density at radius 3 is 2.72 bits per heavy atom. The predicted molar refractivity (Wildman–Crippen MR) is 123 cm³/mol. The Balaban J connectivity index is 1.71. The highest BCUT2D eigenvalue weighted by atomic mass is 32.2. The second-order valence-electron chi connectivity index (χ2n) is 8.50. The summed E-state index contributed by atoms with van der Waals surface area (Å²) in [7, 11) is -3.40. The van der Waals surface area contributed by atoms with E-state index in [2.05, 4.69) is 10.8 Å². The SMILES string of the molecule is C[C@@H]1OCCCOc2ccccc2-c2cccc(c2)CC2C(NS(C)(=O)=O)CCN2C1=O. The second kappa shape index (κ2) is 9.60. The van der Waals surface area contributed by atoms with Crippen molar-refractivity contribution in [2.75, 3.05) is 26.0 Å². The van der Waals surface area contributed by atoms with Gasteiger partial charge in [-0.3, -0.25) is 4.79 Å². The van der Waals surface area contributed by atoms with Crippen LogP contribution in [0.2, 0.25) is 0 Å². The summed E-state index contributed by atoms with van der Waals surface area (Å²) in [5, 5.41) is 0. The first-order valence-electron chi connectivity index (χ1n) is 11.0. The molecule has 0 radical (unpaired) electrons. The molecular weight excluding hydrogens is 428 g/mol. The van der Waals surface area contributed by atoms with Gasteiger partial charge in [-0.1, -0.05) is 42.5 Å². The van der Waals surface area contributed by atoms with Crippen molar-refractivity contribution in [1.82, 2.24) is 9.62 Å². The number of amides is 1. The van der Waals surface area contributed by atoms with Crippen molar-refractivity contribution in [1.29, 1.82) is 0 Å². The van der Waals surface area contributed by atoms with Crippen molar-refractivity contribution in [2.45, 2.75) is 44.4 Å². The van der Waals surface area contributed by atoms with E-state index in [9.17, 15) is 13.2 Å². The Bertz CT molecular complexity index is 1070. The first-order chi connectivity index (χ1) is 15.3. The molecule has 2 bridgehead atoms. The van der Waals surface area contributed by atoms with Crippen molar-refractivity contribution >= 4 is 15.9 Å². The average molecular weight is 459 g/mol. The van der Waals surface area contributed by atoms with E-state index < -0.39 is 16.1 Å². The highest BCUT2D eigenvalue weighted by Crippen LogP contribution is 2.32. The average Bonchev–Trinajstić information content (AvgIpc) is 3.13. The molecule has 2 aliphatic rings. The molecule has 1 fully saturated rings. The van der Waals surface area contributed by atoms with E-state index in [1.165, 1.54) is 0 Å². The Morgan fingerprint density at radius 1 is 1.09 bits per heavy atom. The van der Waals surface area contributed by atoms with Gasteiger partial charge in [-0.2, -0.15) is 0 Å². The maximum atomic E-state index is 13.2. The normalized spacial score (nSPS) is 24.6. The standard InChI is InChI=1S/C24H30N2O5S/c1-17-24(27)26-12-11-21(25-32(2,28)29)22(26)16-18-7-5-8-19(15-18)20-9-3-4-10-23(20)31-14-6-13-30-17/h3-5,7-10,15,17,21-22,25H,6,11-14,16H2,1-2H3/t17-,21?,22?/m0/s1. The van der Waals surface area contributed by atoms with Gasteiger partial charge in [-0.25, -0.2) is 13.1 Å². The first kappa shape index (κ1) is 22.8. The van der Waals surface area contributed by atoms with Gasteiger partial charge < -0.3 is 14.4 Å². The second-order valence-corrected chi connectivity index (χ2v) is 10.3. The van der Waals surface area contributed by atoms with E-state index in [-0.39, 0.29) is 18.0 Å². The van der Waals surface area contributed by atoms with Crippen LogP contribution in [0.4, 0.5) is 0 Å². The zero-order valence-corrected chi connectivity index (χ0v) is 19.3. The third-order valence-corrected chi connectivity index (χ3v) is 6.76. The summed E-state index contributed by atoms with van der Waals surface area (Å²) in [5.74, 6) is 0.700. The van der Waals surface area contributed by atoms with Gasteiger partial charge in [0, 0.05) is 24.6 Å². The molecule has 0 aromatic heterocycles. The maximum Gasteiger partial charge on any atom is 0.251 e. The highest BCUT2D eigenvalue weighted by Gasteiger charge is 2.40. The fourth-order valence-corrected chi connectivity index (χ4v) is 5.36. The summed E-state index contributed by atoms with van der Waals surface area (Å²) in [5.41, 5.74) is 3.07. The van der Waals surface area contributed by atoms with Crippen LogP contribution >= 0.6 is 0 Å². The molecule has 0 spiro atoms. The molecule has 2 aromatic rings. The number of carbonyl (C=O) groups excluding carboxylic acids is 1. The minimum Gasteiger partial charge on any atom is -0.493 e. The Labute approximate surface area is 189 Å². The van der Waals surface area contributed by atoms with Crippen LogP contribution in [0.5, 0.6) is 5.75 Å². The zero-order chi connectivity index (χ0) is 22.7. The fraction of sp³-hybridized carbons (Fsp3) is 0.458. The zero-order valence-electron chi connectivity index (χ0n) is 18.5. The molecule has 7 nitrogen and oxygen atoms in total. The van der Waals surface area contributed by atoms with Gasteiger partial charge in [0.15, 0.2) is 0 Å². The van der Waals surface area contributed by atoms with Crippen molar-refractivity contribution < 1.29 is 22.7 Å². The van der Waals surface area contributed by atoms with E-state index >= 15 is 0 Å². The molecule has 8 heteroatoms. The number of nitrogens with zero attached hydrogens (tertiary/aromatic N) is 1. The number of hydrogen-bond donors (Lipinski definition) is 1. The van der Waals surface area contributed by atoms with Crippen molar-refractivity contribution in [3.05, 3.63) is 54.1 Å². The fourth-order valence-electron chi connectivity index (χ4n) is 4.54. The Hall–Kier alpha value is -2.42. The number of para-hydroxylation sites is 1. The van der Waals surface area contributed by atoms with E-state index in [0.29, 0.717) is 39.0 Å². The van der Waals surface area contributed by atoms with Gasteiger partial charge in [-0.05, 0) is 37.0 Å². The number of ether oxygens (including phenoxy) is 2. The van der Waals surface area contributed by atoms with Gasteiger partial charge >= 0.3 is 0 Å². The number of nitrogens with one attached hydrogen (secondary N) is 1. The van der Waals surface area contributed by atoms with Crippen molar-refractivity contribution in [2.24, 2.45) is 0 Å². The highest BCUT2D eigenvalue weighted by molar-refractivity contribution is 7.88. The van der Waals surface area contributed by atoms with E-state index in [0.717, 1.165) is 28.7 Å². The largest absolute Gasteiger partial charge is 0.493 e. The van der Waals surface area contributed by atoms with Gasteiger partial charge in [0.2, 0.25) is 10.0 Å². The number of rotatable bonds is 2. The van der Waals surface area contributed by atoms with Crippen molar-refractivity contribution in [3.63, 3.8) is 0 Å². The van der Waals surface area contributed by atoms with Crippen LogP contribution in [0, 0.1) is 0 Å². The molecule has 2 unspecified atom stereocenters. The van der Waals surface area contributed by atoms with Crippen molar-refractivity contribution in [3.8, 4) is 16.9 Å². The van der Waals surface area contributed by atoms with Gasteiger partial charge in [0.05, 0.1) is 25.5 Å². The van der Waals surface area contributed by atoms with E-state index in [4.69, 9.17) is 9.47 Å². The van der Waals surface area contributed by atoms with E-state index in [1.807, 2.05) is 42.5 Å². The Morgan fingerprint density at radius 2 is 1.91 bits per heavy atom. The topological polar surface area (TPSA) is 84.9 Å². The van der Waals surface area contributed by atoms with Crippen LogP contribution in [0.3, 0.4) is 0 Å². The first-order valence-corrected chi connectivity index (χ1v) is 12.9. The van der Waals surface area contributed by atoms with E-state index in [1.54, 1.807) is 11.8 Å². The molecule has 2 heterocycles. The lowest BCUT2D eigenvalue weighted by Crippen LogP contribution is -2.50. The summed E-state index contributed by atoms with van der Waals surface area (Å²) >= 11 is 0. The smallest absolute Gasteiger partial charge is 0.251 e. The van der Waals surface area contributed by atoms with Gasteiger partial charge in [0.25, 0.3) is 5.91 Å². The summed E-state index contributed by atoms with van der Waals surface area (Å²) in [6.07, 6.45) is 2.34. The van der Waals surface area contributed by atoms with Gasteiger partial charge in [0.1, 0.15) is 11.9 Å². The molecule has 2 aromatic carbocycles. The summed E-state index contributed by atoms with van der Waals surface area (Å²) in [6.45, 7) is 3.15. The predicted octanol–water partition coefficient (Wildman–Crippen LogP) is 2.60. The lowest BCUT2D eigenvalue weighted by Gasteiger charge is -2.30. The quantitative estimate of drug-likeness (QED) is 0.748. The molecule has 1 amide bonds. The molecule has 32 heavy (non-hydrogen) atoms. The van der Waals surface area contributed by atoms with Crippen LogP contribution in [0.25, 0.3) is 11.1 Å². The summed E-state index contributed by atoms with van der Waals surface area (Å²) in [6, 6.07) is 15.4. The number of carbonyl (C=O) groups is 1. The lowest BCUT2D eigenvalue weighted by atomic mass is 9.96. The minimum absolute atomic E-state index is 0.108. The molecule has 3 atom stereocenters. The van der Waals surface area contributed by atoms with Crippen LogP contribution in [-0.4, -0.2) is 63.4 Å². The summed E-state index contributed by atoms with van der Waals surface area (Å²) < 4.78 is 38.5. The van der Waals surface area contributed by atoms with Crippen LogP contribution in [-0.2, 0) is 26.0 Å². The molecule has 1 saturated heterocycles. The molecule has 0 saturated carbocycles. The molecule has 2 aliphatic heterocycles. The minimum atomic E-state index is -3.40. The molecule has 172 valence electrons. The van der Waals surface area contributed by atoms with Gasteiger partial charge in [-0.15, -0.1) is 0 Å². The number of benzene rings is 2. The summed E-state index contributed by atoms with van der Waals surface area (Å²) in [4.78, 5) is 15.0. The lowest BCUT2D eigenvalue weighted by molar-refractivity contribution is -0.143. The van der Waals surface area contributed by atoms with Crippen LogP contribution in [0.1, 0.15) is 25.3 Å². The van der Waals surface area contributed by atoms with Crippen LogP contribution in [0.15, 0.2) is 48.5 Å². The Kier molecular flexibility index (Phi) is 6.83. The molecule has 1 N–H and O–H groups in total. The number of hydrogen-bond acceptors (Lipinski definition) is 5. The third-order valence-electron chi connectivity index (χ3n) is 6.03. The monoisotopic (exact) mass is 458 g/mol. The number of sulfonamides is 1. The number of fused-ring (bicyclic) bond motifs is 5. The molecule has 4 rings (SSSR count).